The minimum atomic E-state index is -0.681. The summed E-state index contributed by atoms with van der Waals surface area (Å²) >= 11 is 0. The number of aromatic nitrogens is 5. The number of hydrogen-bond acceptors (Lipinski definition) is 9. The van der Waals surface area contributed by atoms with Gasteiger partial charge in [0.25, 0.3) is 0 Å². The molecule has 0 saturated carbocycles. The molecule has 1 atom stereocenters. The molecule has 0 aliphatic carbocycles. The number of carbonyl (C=O) groups is 2. The molecule has 11 nitrogen and oxygen atoms in total. The maximum absolute atomic E-state index is 13.3. The number of aryl methyl sites for hydroxylation is 1. The Morgan fingerprint density at radius 1 is 1.15 bits per heavy atom. The van der Waals surface area contributed by atoms with Crippen molar-refractivity contribution in [3.8, 4) is 5.82 Å². The highest BCUT2D eigenvalue weighted by Gasteiger charge is 2.50. The number of ether oxygens (including phenoxy) is 1. The summed E-state index contributed by atoms with van der Waals surface area (Å²) in [6.07, 6.45) is 3.06. The first-order chi connectivity index (χ1) is 15.9. The van der Waals surface area contributed by atoms with Crippen molar-refractivity contribution in [1.82, 2.24) is 35.0 Å². The van der Waals surface area contributed by atoms with Gasteiger partial charge in [0.2, 0.25) is 5.91 Å². The Morgan fingerprint density at radius 3 is 2.55 bits per heavy atom. The number of aliphatic hydroxyl groups excluding tert-OH is 1. The van der Waals surface area contributed by atoms with E-state index in [-0.39, 0.29) is 23.9 Å². The third-order valence-electron chi connectivity index (χ3n) is 7.22. The highest BCUT2D eigenvalue weighted by atomic mass is 16.5. The number of hydrogen-bond donors (Lipinski definition) is 1. The highest BCUT2D eigenvalue weighted by Crippen LogP contribution is 2.44. The molecular weight excluding hydrogens is 426 g/mol. The minimum Gasteiger partial charge on any atom is -0.456 e. The van der Waals surface area contributed by atoms with E-state index >= 15 is 0 Å². The number of β-amino-alcohol motifs (C(OH)–C–C–N with tert-alkyl or cyclic N) is 1. The Hall–Kier alpha value is -3.18. The van der Waals surface area contributed by atoms with E-state index in [0.717, 1.165) is 43.6 Å². The van der Waals surface area contributed by atoms with Crippen LogP contribution in [0.4, 0.5) is 0 Å². The van der Waals surface area contributed by atoms with Crippen LogP contribution in [0.3, 0.4) is 0 Å². The summed E-state index contributed by atoms with van der Waals surface area (Å²) in [6, 6.07) is 3.64. The van der Waals surface area contributed by atoms with Crippen LogP contribution in [-0.4, -0.2) is 84.8 Å². The van der Waals surface area contributed by atoms with Crippen LogP contribution in [0.1, 0.15) is 43.5 Å². The molecule has 0 bridgehead atoms. The molecule has 2 aromatic rings. The first-order valence-corrected chi connectivity index (χ1v) is 11.2. The summed E-state index contributed by atoms with van der Waals surface area (Å²) in [5.41, 5.74) is 2.36. The molecule has 3 aliphatic rings. The number of tetrazole rings is 1. The Labute approximate surface area is 191 Å². The molecule has 33 heavy (non-hydrogen) atoms. The van der Waals surface area contributed by atoms with Gasteiger partial charge in [0.1, 0.15) is 12.9 Å². The standard InChI is InChI=1S/C22H27N7O4/c1-14-17(12-33-20(14)31)28-10-7-22(21(28)32)5-8-27(9-6-22)11-18(30)16-3-4-19(24-15(16)2)29-13-23-25-26-29/h3-4,13,18,30H,5-12H2,1-2H3/t18-/m0/s1. The molecule has 2 aromatic heterocycles. The number of likely N-dealkylation sites (tertiary alicyclic amines) is 2. The molecule has 5 rings (SSSR count). The number of pyridine rings is 1. The smallest absolute Gasteiger partial charge is 0.336 e. The second kappa shape index (κ2) is 8.31. The zero-order chi connectivity index (χ0) is 23.2. The van der Waals surface area contributed by atoms with Crippen LogP contribution in [0.2, 0.25) is 0 Å². The number of carbonyl (C=O) groups excluding carboxylic acids is 2. The van der Waals surface area contributed by atoms with Crippen LogP contribution in [0.15, 0.2) is 29.7 Å². The van der Waals surface area contributed by atoms with Crippen LogP contribution in [0, 0.1) is 12.3 Å². The molecule has 174 valence electrons. The summed E-state index contributed by atoms with van der Waals surface area (Å²) in [4.78, 5) is 33.5. The largest absolute Gasteiger partial charge is 0.456 e. The Balaban J connectivity index is 1.21. The van der Waals surface area contributed by atoms with Crippen molar-refractivity contribution in [2.75, 3.05) is 32.8 Å². The molecule has 2 fully saturated rings. The Morgan fingerprint density at radius 2 is 1.91 bits per heavy atom. The van der Waals surface area contributed by atoms with Gasteiger partial charge in [-0.25, -0.2) is 9.78 Å². The van der Waals surface area contributed by atoms with Crippen molar-refractivity contribution >= 4 is 11.9 Å². The van der Waals surface area contributed by atoms with E-state index in [0.29, 0.717) is 30.2 Å². The van der Waals surface area contributed by atoms with E-state index in [4.69, 9.17) is 4.74 Å². The number of nitrogens with zero attached hydrogens (tertiary/aromatic N) is 7. The normalized spacial score (nSPS) is 21.8. The number of cyclic esters (lactones) is 1. The van der Waals surface area contributed by atoms with Gasteiger partial charge in [0.15, 0.2) is 5.82 Å². The summed E-state index contributed by atoms with van der Waals surface area (Å²) in [5.74, 6) is 0.365. The number of aliphatic hydroxyl groups is 1. The van der Waals surface area contributed by atoms with Gasteiger partial charge in [-0.05, 0) is 62.7 Å². The monoisotopic (exact) mass is 453 g/mol. The van der Waals surface area contributed by atoms with Crippen LogP contribution in [0.5, 0.6) is 0 Å². The van der Waals surface area contributed by atoms with E-state index in [1.165, 1.54) is 11.0 Å². The highest BCUT2D eigenvalue weighted by molar-refractivity contribution is 5.94. The number of piperidine rings is 1. The lowest BCUT2D eigenvalue weighted by Crippen LogP contribution is -2.45. The predicted molar refractivity (Wildman–Crippen MR) is 115 cm³/mol. The summed E-state index contributed by atoms with van der Waals surface area (Å²) in [7, 11) is 0. The number of rotatable bonds is 5. The van der Waals surface area contributed by atoms with Crippen molar-refractivity contribution < 1.29 is 19.4 Å². The molecule has 11 heteroatoms. The second-order valence-corrected chi connectivity index (χ2v) is 9.05. The van der Waals surface area contributed by atoms with Gasteiger partial charge in [-0.15, -0.1) is 5.10 Å². The molecule has 1 N–H and O–H groups in total. The van der Waals surface area contributed by atoms with Gasteiger partial charge in [0, 0.05) is 24.3 Å². The molecule has 0 aromatic carbocycles. The van der Waals surface area contributed by atoms with E-state index in [1.54, 1.807) is 17.9 Å². The fraction of sp³-hybridized carbons (Fsp3) is 0.545. The summed E-state index contributed by atoms with van der Waals surface area (Å²) < 4.78 is 6.57. The lowest BCUT2D eigenvalue weighted by atomic mass is 9.77. The van der Waals surface area contributed by atoms with Crippen LogP contribution >= 0.6 is 0 Å². The van der Waals surface area contributed by atoms with E-state index in [9.17, 15) is 14.7 Å². The Kier molecular flexibility index (Phi) is 5.45. The van der Waals surface area contributed by atoms with Crippen LogP contribution in [-0.2, 0) is 14.3 Å². The average Bonchev–Trinajstić information content (AvgIpc) is 3.53. The molecular formula is C22H27N7O4. The van der Waals surface area contributed by atoms with Gasteiger partial charge in [-0.2, -0.15) is 4.68 Å². The fourth-order valence-corrected chi connectivity index (χ4v) is 5.10. The molecule has 0 unspecified atom stereocenters. The third kappa shape index (κ3) is 3.80. The van der Waals surface area contributed by atoms with Gasteiger partial charge in [-0.1, -0.05) is 6.07 Å². The fourth-order valence-electron chi connectivity index (χ4n) is 5.10. The quantitative estimate of drug-likeness (QED) is 0.646. The zero-order valence-corrected chi connectivity index (χ0v) is 18.8. The molecule has 5 heterocycles. The van der Waals surface area contributed by atoms with E-state index in [1.807, 2.05) is 13.0 Å². The lowest BCUT2D eigenvalue weighted by molar-refractivity contribution is -0.138. The second-order valence-electron chi connectivity index (χ2n) is 9.05. The van der Waals surface area contributed by atoms with Crippen molar-refractivity contribution in [1.29, 1.82) is 0 Å². The molecule has 1 amide bonds. The molecule has 2 saturated heterocycles. The van der Waals surface area contributed by atoms with Crippen molar-refractivity contribution in [2.45, 2.75) is 39.2 Å². The third-order valence-corrected chi connectivity index (χ3v) is 7.22. The van der Waals surface area contributed by atoms with Crippen molar-refractivity contribution in [3.05, 3.63) is 41.0 Å². The predicted octanol–water partition coefficient (Wildman–Crippen LogP) is 0.544. The minimum absolute atomic E-state index is 0.105. The van der Waals surface area contributed by atoms with Gasteiger partial charge in [0.05, 0.1) is 22.8 Å². The molecule has 0 radical (unpaired) electrons. The van der Waals surface area contributed by atoms with Crippen molar-refractivity contribution in [2.24, 2.45) is 5.41 Å². The Bertz CT molecular complexity index is 1110. The maximum atomic E-state index is 13.3. The first kappa shape index (κ1) is 21.7. The topological polar surface area (TPSA) is 127 Å². The zero-order valence-electron chi connectivity index (χ0n) is 18.8. The lowest BCUT2D eigenvalue weighted by Gasteiger charge is -2.38. The molecule has 1 spiro atoms. The van der Waals surface area contributed by atoms with E-state index in [2.05, 4.69) is 25.4 Å². The SMILES string of the molecule is CC1=C(N2CCC3(CCN(C[C@H](O)c4ccc(-n5cnnn5)nc4C)CC3)C2=O)COC1=O. The van der Waals surface area contributed by atoms with Gasteiger partial charge < -0.3 is 19.6 Å². The average molecular weight is 454 g/mol. The van der Waals surface area contributed by atoms with Crippen LogP contribution in [0.25, 0.3) is 5.82 Å². The van der Waals surface area contributed by atoms with Crippen molar-refractivity contribution in [3.63, 3.8) is 0 Å². The van der Waals surface area contributed by atoms with Gasteiger partial charge >= 0.3 is 5.97 Å². The molecule has 3 aliphatic heterocycles. The van der Waals surface area contributed by atoms with Gasteiger partial charge in [-0.3, -0.25) is 4.79 Å². The summed E-state index contributed by atoms with van der Waals surface area (Å²) in [6.45, 7) is 6.34. The summed E-state index contributed by atoms with van der Waals surface area (Å²) in [5, 5.41) is 21.9. The maximum Gasteiger partial charge on any atom is 0.336 e. The first-order valence-electron chi connectivity index (χ1n) is 11.2. The van der Waals surface area contributed by atoms with E-state index < -0.39 is 6.10 Å². The number of amides is 1. The number of esters is 1. The van der Waals surface area contributed by atoms with Crippen LogP contribution < -0.4 is 0 Å².